The lowest BCUT2D eigenvalue weighted by Crippen LogP contribution is -2.18. The molecule has 1 heteroatoms. The fourth-order valence-corrected chi connectivity index (χ4v) is 0.879. The van der Waals surface area contributed by atoms with Crippen molar-refractivity contribution >= 4 is 0 Å². The third kappa shape index (κ3) is 5.65. The van der Waals surface area contributed by atoms with E-state index in [4.69, 9.17) is 12.2 Å². The van der Waals surface area contributed by atoms with Crippen LogP contribution in [0.3, 0.4) is 0 Å². The molecule has 10 heavy (non-hydrogen) atoms. The first-order valence-corrected chi connectivity index (χ1v) is 4.00. The van der Waals surface area contributed by atoms with Crippen molar-refractivity contribution in [1.82, 2.24) is 0 Å². The Hall–Kier alpha value is -0.480. The van der Waals surface area contributed by atoms with Crippen molar-refractivity contribution in [3.8, 4) is 12.3 Å². The van der Waals surface area contributed by atoms with E-state index in [0.29, 0.717) is 6.04 Å². The highest BCUT2D eigenvalue weighted by molar-refractivity contribution is 4.84. The molecule has 0 aromatic carbocycles. The van der Waals surface area contributed by atoms with E-state index >= 15 is 0 Å². The Balaban J connectivity index is 3.10. The zero-order valence-electron chi connectivity index (χ0n) is 6.77. The van der Waals surface area contributed by atoms with Crippen molar-refractivity contribution in [3.63, 3.8) is 0 Å². The van der Waals surface area contributed by atoms with E-state index in [1.54, 1.807) is 0 Å². The molecule has 0 aromatic rings. The van der Waals surface area contributed by atoms with E-state index in [-0.39, 0.29) is 0 Å². The minimum Gasteiger partial charge on any atom is -0.328 e. The van der Waals surface area contributed by atoms with Gasteiger partial charge in [-0.3, -0.25) is 0 Å². The SMILES string of the molecule is C#CCCC(N)CCCC. The summed E-state index contributed by atoms with van der Waals surface area (Å²) < 4.78 is 0. The monoisotopic (exact) mass is 139 g/mol. The second-order valence-corrected chi connectivity index (χ2v) is 2.65. The average molecular weight is 139 g/mol. The van der Waals surface area contributed by atoms with Gasteiger partial charge in [0.05, 0.1) is 0 Å². The van der Waals surface area contributed by atoms with Gasteiger partial charge in [-0.05, 0) is 12.8 Å². The van der Waals surface area contributed by atoms with E-state index in [1.807, 2.05) is 0 Å². The Morgan fingerprint density at radius 3 is 2.70 bits per heavy atom. The molecule has 0 aromatic heterocycles. The second kappa shape index (κ2) is 6.64. The van der Waals surface area contributed by atoms with Gasteiger partial charge in [-0.15, -0.1) is 12.3 Å². The minimum absolute atomic E-state index is 0.330. The van der Waals surface area contributed by atoms with Crippen molar-refractivity contribution in [2.75, 3.05) is 0 Å². The molecule has 0 amide bonds. The van der Waals surface area contributed by atoms with Gasteiger partial charge in [-0.25, -0.2) is 0 Å². The summed E-state index contributed by atoms with van der Waals surface area (Å²) in [6, 6.07) is 0.330. The van der Waals surface area contributed by atoms with E-state index < -0.39 is 0 Å². The van der Waals surface area contributed by atoms with Crippen LogP contribution in [0.15, 0.2) is 0 Å². The third-order valence-electron chi connectivity index (χ3n) is 1.59. The molecule has 0 bridgehead atoms. The van der Waals surface area contributed by atoms with Crippen molar-refractivity contribution < 1.29 is 0 Å². The molecule has 0 rings (SSSR count). The van der Waals surface area contributed by atoms with Gasteiger partial charge in [0.15, 0.2) is 0 Å². The van der Waals surface area contributed by atoms with Crippen molar-refractivity contribution in [1.29, 1.82) is 0 Å². The molecule has 0 heterocycles. The van der Waals surface area contributed by atoms with Crippen LogP contribution in [-0.4, -0.2) is 6.04 Å². The topological polar surface area (TPSA) is 26.0 Å². The van der Waals surface area contributed by atoms with Crippen LogP contribution in [0, 0.1) is 12.3 Å². The smallest absolute Gasteiger partial charge is 0.0101 e. The van der Waals surface area contributed by atoms with Gasteiger partial charge < -0.3 is 5.73 Å². The van der Waals surface area contributed by atoms with Crippen LogP contribution < -0.4 is 5.73 Å². The maximum atomic E-state index is 5.75. The first kappa shape index (κ1) is 9.52. The van der Waals surface area contributed by atoms with Crippen molar-refractivity contribution in [2.45, 2.75) is 45.1 Å². The molecule has 1 atom stereocenters. The summed E-state index contributed by atoms with van der Waals surface area (Å²) in [5, 5.41) is 0. The number of nitrogens with two attached hydrogens (primary N) is 1. The van der Waals surface area contributed by atoms with E-state index in [9.17, 15) is 0 Å². The second-order valence-electron chi connectivity index (χ2n) is 2.65. The third-order valence-corrected chi connectivity index (χ3v) is 1.59. The summed E-state index contributed by atoms with van der Waals surface area (Å²) in [4.78, 5) is 0. The average Bonchev–Trinajstić information content (AvgIpc) is 1.97. The number of terminal acetylenes is 1. The molecule has 0 spiro atoms. The van der Waals surface area contributed by atoms with Crippen molar-refractivity contribution in [2.24, 2.45) is 5.73 Å². The lowest BCUT2D eigenvalue weighted by Gasteiger charge is -2.07. The molecule has 1 unspecified atom stereocenters. The summed E-state index contributed by atoms with van der Waals surface area (Å²) in [6.45, 7) is 2.17. The molecule has 0 aliphatic heterocycles. The highest BCUT2D eigenvalue weighted by Gasteiger charge is 1.98. The quantitative estimate of drug-likeness (QED) is 0.578. The summed E-state index contributed by atoms with van der Waals surface area (Å²) >= 11 is 0. The molecule has 58 valence electrons. The van der Waals surface area contributed by atoms with Crippen LogP contribution in [0.5, 0.6) is 0 Å². The minimum atomic E-state index is 0.330. The fraction of sp³-hybridized carbons (Fsp3) is 0.778. The molecule has 0 saturated carbocycles. The molecule has 0 saturated heterocycles. The van der Waals surface area contributed by atoms with Crippen LogP contribution >= 0.6 is 0 Å². The summed E-state index contributed by atoms with van der Waals surface area (Å²) in [5.74, 6) is 2.60. The first-order chi connectivity index (χ1) is 4.81. The lowest BCUT2D eigenvalue weighted by molar-refractivity contribution is 0.548. The van der Waals surface area contributed by atoms with Gasteiger partial charge in [-0.1, -0.05) is 19.8 Å². The Labute approximate surface area is 64.0 Å². The number of rotatable bonds is 5. The number of unbranched alkanes of at least 4 members (excludes halogenated alkanes) is 1. The molecule has 0 fully saturated rings. The lowest BCUT2D eigenvalue weighted by atomic mass is 10.1. The van der Waals surface area contributed by atoms with Crippen molar-refractivity contribution in [3.05, 3.63) is 0 Å². The molecule has 1 nitrogen and oxygen atoms in total. The molecular formula is C9H17N. The number of hydrogen-bond donors (Lipinski definition) is 1. The first-order valence-electron chi connectivity index (χ1n) is 4.00. The van der Waals surface area contributed by atoms with Crippen LogP contribution in [0.4, 0.5) is 0 Å². The summed E-state index contributed by atoms with van der Waals surface area (Å²) in [7, 11) is 0. The maximum Gasteiger partial charge on any atom is 0.0101 e. The Bertz CT molecular complexity index is 102. The normalized spacial score (nSPS) is 12.5. The Morgan fingerprint density at radius 1 is 1.50 bits per heavy atom. The van der Waals surface area contributed by atoms with Crippen LogP contribution in [-0.2, 0) is 0 Å². The van der Waals surface area contributed by atoms with Gasteiger partial charge in [0.1, 0.15) is 0 Å². The van der Waals surface area contributed by atoms with Crippen LogP contribution in [0.25, 0.3) is 0 Å². The molecule has 0 radical (unpaired) electrons. The predicted octanol–water partition coefficient (Wildman–Crippen LogP) is 1.92. The summed E-state index contributed by atoms with van der Waals surface area (Å²) in [5.41, 5.74) is 5.75. The zero-order chi connectivity index (χ0) is 7.82. The van der Waals surface area contributed by atoms with Gasteiger partial charge in [0.2, 0.25) is 0 Å². The molecular weight excluding hydrogens is 122 g/mol. The Morgan fingerprint density at radius 2 is 2.20 bits per heavy atom. The van der Waals surface area contributed by atoms with Crippen LogP contribution in [0.1, 0.15) is 39.0 Å². The van der Waals surface area contributed by atoms with Gasteiger partial charge >= 0.3 is 0 Å². The molecule has 0 aliphatic rings. The largest absolute Gasteiger partial charge is 0.328 e. The van der Waals surface area contributed by atoms with Gasteiger partial charge in [0.25, 0.3) is 0 Å². The van der Waals surface area contributed by atoms with E-state index in [2.05, 4.69) is 12.8 Å². The summed E-state index contributed by atoms with van der Waals surface area (Å²) in [6.07, 6.45) is 10.5. The van der Waals surface area contributed by atoms with E-state index in [1.165, 1.54) is 12.8 Å². The zero-order valence-corrected chi connectivity index (χ0v) is 6.77. The van der Waals surface area contributed by atoms with E-state index in [0.717, 1.165) is 19.3 Å². The molecule has 0 aliphatic carbocycles. The maximum absolute atomic E-state index is 5.75. The Kier molecular flexibility index (Phi) is 6.32. The fourth-order valence-electron chi connectivity index (χ4n) is 0.879. The number of hydrogen-bond acceptors (Lipinski definition) is 1. The highest BCUT2D eigenvalue weighted by Crippen LogP contribution is 2.02. The molecule has 2 N–H and O–H groups in total. The highest BCUT2D eigenvalue weighted by atomic mass is 14.6. The van der Waals surface area contributed by atoms with Crippen LogP contribution in [0.2, 0.25) is 0 Å². The van der Waals surface area contributed by atoms with Gasteiger partial charge in [-0.2, -0.15) is 0 Å². The van der Waals surface area contributed by atoms with Gasteiger partial charge in [0, 0.05) is 12.5 Å². The predicted molar refractivity (Wildman–Crippen MR) is 45.6 cm³/mol. The standard InChI is InChI=1S/C9H17N/c1-3-5-7-9(10)8-6-4-2/h1,9H,4-8,10H2,2H3.